The van der Waals surface area contributed by atoms with Crippen molar-refractivity contribution in [3.05, 3.63) is 70.5 Å². The predicted octanol–water partition coefficient (Wildman–Crippen LogP) is 4.02. The van der Waals surface area contributed by atoms with Gasteiger partial charge in [0.25, 0.3) is 5.91 Å². The van der Waals surface area contributed by atoms with Gasteiger partial charge >= 0.3 is 0 Å². The molecule has 1 amide bonds. The highest BCUT2D eigenvalue weighted by molar-refractivity contribution is 6.30. The van der Waals surface area contributed by atoms with E-state index in [0.717, 1.165) is 11.3 Å². The SMILES string of the molecule is CC/C(=N\NC(=O)c1ccc(F)cc1)c1ccc(Cl)cc1. The highest BCUT2D eigenvalue weighted by Gasteiger charge is 2.06. The van der Waals surface area contributed by atoms with E-state index in [2.05, 4.69) is 10.5 Å². The van der Waals surface area contributed by atoms with Gasteiger partial charge in [-0.05, 0) is 48.4 Å². The molecule has 0 unspecified atom stereocenters. The van der Waals surface area contributed by atoms with Crippen molar-refractivity contribution in [2.45, 2.75) is 13.3 Å². The summed E-state index contributed by atoms with van der Waals surface area (Å²) in [6, 6.07) is 12.5. The van der Waals surface area contributed by atoms with Gasteiger partial charge in [-0.2, -0.15) is 5.10 Å². The summed E-state index contributed by atoms with van der Waals surface area (Å²) in [5.74, 6) is -0.764. The second-order valence-electron chi connectivity index (χ2n) is 4.37. The highest BCUT2D eigenvalue weighted by atomic mass is 35.5. The molecule has 0 radical (unpaired) electrons. The molecule has 0 bridgehead atoms. The first-order valence-corrected chi connectivity index (χ1v) is 6.86. The number of hydrogen-bond acceptors (Lipinski definition) is 2. The van der Waals surface area contributed by atoms with E-state index in [1.807, 2.05) is 19.1 Å². The van der Waals surface area contributed by atoms with Crippen LogP contribution < -0.4 is 5.43 Å². The van der Waals surface area contributed by atoms with Gasteiger partial charge in [0.2, 0.25) is 0 Å². The first-order chi connectivity index (χ1) is 10.1. The van der Waals surface area contributed by atoms with Crippen LogP contribution in [0.1, 0.15) is 29.3 Å². The summed E-state index contributed by atoms with van der Waals surface area (Å²) in [5, 5.41) is 4.76. The van der Waals surface area contributed by atoms with Crippen LogP contribution in [0.4, 0.5) is 4.39 Å². The van der Waals surface area contributed by atoms with Crippen LogP contribution in [-0.4, -0.2) is 11.6 Å². The third-order valence-corrected chi connectivity index (χ3v) is 3.16. The molecule has 2 aromatic rings. The summed E-state index contributed by atoms with van der Waals surface area (Å²) in [5.41, 5.74) is 4.46. The Morgan fingerprint density at radius 2 is 1.67 bits per heavy atom. The number of amides is 1. The maximum atomic E-state index is 12.8. The van der Waals surface area contributed by atoms with Crippen molar-refractivity contribution in [3.63, 3.8) is 0 Å². The maximum absolute atomic E-state index is 12.8. The lowest BCUT2D eigenvalue weighted by atomic mass is 10.1. The van der Waals surface area contributed by atoms with Crippen LogP contribution in [0.2, 0.25) is 5.02 Å². The van der Waals surface area contributed by atoms with E-state index in [9.17, 15) is 9.18 Å². The van der Waals surface area contributed by atoms with Gasteiger partial charge in [0, 0.05) is 10.6 Å². The zero-order chi connectivity index (χ0) is 15.2. The van der Waals surface area contributed by atoms with Crippen LogP contribution in [0.25, 0.3) is 0 Å². The fourth-order valence-electron chi connectivity index (χ4n) is 1.77. The van der Waals surface area contributed by atoms with Gasteiger partial charge in [-0.3, -0.25) is 4.79 Å². The zero-order valence-corrected chi connectivity index (χ0v) is 12.2. The van der Waals surface area contributed by atoms with Gasteiger partial charge in [-0.15, -0.1) is 0 Å². The molecule has 0 atom stereocenters. The fourth-order valence-corrected chi connectivity index (χ4v) is 1.90. The van der Waals surface area contributed by atoms with E-state index >= 15 is 0 Å². The van der Waals surface area contributed by atoms with Crippen LogP contribution in [0.3, 0.4) is 0 Å². The molecule has 0 aliphatic carbocycles. The molecule has 1 N–H and O–H groups in total. The Kier molecular flexibility index (Phi) is 5.06. The van der Waals surface area contributed by atoms with Gasteiger partial charge in [0.05, 0.1) is 5.71 Å². The van der Waals surface area contributed by atoms with Gasteiger partial charge in [0.15, 0.2) is 0 Å². The van der Waals surface area contributed by atoms with Crippen LogP contribution in [0, 0.1) is 5.82 Å². The number of hydrazone groups is 1. The molecule has 3 nitrogen and oxygen atoms in total. The minimum atomic E-state index is -0.384. The van der Waals surface area contributed by atoms with Crippen molar-refractivity contribution < 1.29 is 9.18 Å². The minimum absolute atomic E-state index is 0.353. The number of carbonyl (C=O) groups excluding carboxylic acids is 1. The van der Waals surface area contributed by atoms with Gasteiger partial charge in [-0.1, -0.05) is 30.7 Å². The summed E-state index contributed by atoms with van der Waals surface area (Å²) in [6.07, 6.45) is 0.658. The molecule has 0 aliphatic rings. The lowest BCUT2D eigenvalue weighted by Crippen LogP contribution is -2.20. The smallest absolute Gasteiger partial charge is 0.267 e. The zero-order valence-electron chi connectivity index (χ0n) is 11.4. The van der Waals surface area contributed by atoms with Gasteiger partial charge < -0.3 is 0 Å². The van der Waals surface area contributed by atoms with E-state index in [-0.39, 0.29) is 11.7 Å². The van der Waals surface area contributed by atoms with Crippen molar-refractivity contribution in [1.29, 1.82) is 0 Å². The molecule has 0 aliphatic heterocycles. The molecule has 0 spiro atoms. The molecule has 0 heterocycles. The Hall–Kier alpha value is -2.20. The van der Waals surface area contributed by atoms with Crippen molar-refractivity contribution in [2.24, 2.45) is 5.10 Å². The third-order valence-electron chi connectivity index (χ3n) is 2.91. The first-order valence-electron chi connectivity index (χ1n) is 6.48. The first kappa shape index (κ1) is 15.2. The maximum Gasteiger partial charge on any atom is 0.271 e. The third kappa shape index (κ3) is 4.13. The Morgan fingerprint density at radius 1 is 1.10 bits per heavy atom. The monoisotopic (exact) mass is 304 g/mol. The molecule has 21 heavy (non-hydrogen) atoms. The second-order valence-corrected chi connectivity index (χ2v) is 4.80. The predicted molar refractivity (Wildman–Crippen MR) is 82.1 cm³/mol. The van der Waals surface area contributed by atoms with Gasteiger partial charge in [0.1, 0.15) is 5.82 Å². The molecule has 108 valence electrons. The summed E-state index contributed by atoms with van der Waals surface area (Å²) in [6.45, 7) is 1.94. The van der Waals surface area contributed by atoms with Gasteiger partial charge in [-0.25, -0.2) is 9.82 Å². The summed E-state index contributed by atoms with van der Waals surface area (Å²) in [7, 11) is 0. The standard InChI is InChI=1S/C16H14ClFN2O/c1-2-15(11-3-7-13(17)8-4-11)19-20-16(21)12-5-9-14(18)10-6-12/h3-10H,2H2,1H3,(H,20,21)/b19-15+. The normalized spacial score (nSPS) is 11.3. The van der Waals surface area contributed by atoms with Crippen molar-refractivity contribution in [2.75, 3.05) is 0 Å². The summed E-state index contributed by atoms with van der Waals surface area (Å²) in [4.78, 5) is 11.9. The van der Waals surface area contributed by atoms with E-state index in [1.54, 1.807) is 12.1 Å². The Labute approximate surface area is 127 Å². The molecule has 0 fully saturated rings. The quantitative estimate of drug-likeness (QED) is 0.672. The van der Waals surface area contributed by atoms with Crippen molar-refractivity contribution in [1.82, 2.24) is 5.43 Å². The molecule has 0 saturated heterocycles. The minimum Gasteiger partial charge on any atom is -0.267 e. The van der Waals surface area contributed by atoms with Crippen LogP contribution in [0.5, 0.6) is 0 Å². The Morgan fingerprint density at radius 3 is 2.24 bits per heavy atom. The van der Waals surface area contributed by atoms with E-state index in [0.29, 0.717) is 17.0 Å². The largest absolute Gasteiger partial charge is 0.271 e. The van der Waals surface area contributed by atoms with Crippen molar-refractivity contribution in [3.8, 4) is 0 Å². The second kappa shape index (κ2) is 6.99. The van der Waals surface area contributed by atoms with E-state index in [4.69, 9.17) is 11.6 Å². The summed E-state index contributed by atoms with van der Waals surface area (Å²) < 4.78 is 12.8. The lowest BCUT2D eigenvalue weighted by Gasteiger charge is -2.05. The van der Waals surface area contributed by atoms with E-state index < -0.39 is 0 Å². The number of benzene rings is 2. The average molecular weight is 305 g/mol. The molecule has 0 aromatic heterocycles. The molecular weight excluding hydrogens is 291 g/mol. The topological polar surface area (TPSA) is 41.5 Å². The number of nitrogens with zero attached hydrogens (tertiary/aromatic N) is 1. The number of rotatable bonds is 4. The number of halogens is 2. The molecule has 2 aromatic carbocycles. The number of nitrogens with one attached hydrogen (secondary N) is 1. The van der Waals surface area contributed by atoms with Crippen LogP contribution in [0.15, 0.2) is 53.6 Å². The molecule has 2 rings (SSSR count). The molecular formula is C16H14ClFN2O. The van der Waals surface area contributed by atoms with E-state index in [1.165, 1.54) is 24.3 Å². The summed E-state index contributed by atoms with van der Waals surface area (Å²) >= 11 is 5.84. The van der Waals surface area contributed by atoms with Crippen LogP contribution >= 0.6 is 11.6 Å². The Bertz CT molecular complexity index is 651. The Balaban J connectivity index is 2.12. The van der Waals surface area contributed by atoms with Crippen molar-refractivity contribution >= 4 is 23.2 Å². The van der Waals surface area contributed by atoms with Crippen LogP contribution in [-0.2, 0) is 0 Å². The molecule has 5 heteroatoms. The lowest BCUT2D eigenvalue weighted by molar-refractivity contribution is 0.0955. The number of hydrogen-bond donors (Lipinski definition) is 1. The highest BCUT2D eigenvalue weighted by Crippen LogP contribution is 2.11. The average Bonchev–Trinajstić information content (AvgIpc) is 2.50. The fraction of sp³-hybridized carbons (Fsp3) is 0.125. The molecule has 0 saturated carbocycles. The number of carbonyl (C=O) groups is 1.